The van der Waals surface area contributed by atoms with Crippen molar-refractivity contribution in [2.75, 3.05) is 70.4 Å². The summed E-state index contributed by atoms with van der Waals surface area (Å²) >= 11 is 0. The minimum atomic E-state index is -0.287. The van der Waals surface area contributed by atoms with Crippen molar-refractivity contribution in [3.63, 3.8) is 0 Å². The lowest BCUT2D eigenvalue weighted by Gasteiger charge is -2.38. The van der Waals surface area contributed by atoms with Gasteiger partial charge in [0.1, 0.15) is 5.82 Å². The molecule has 8 nitrogen and oxygen atoms in total. The first kappa shape index (κ1) is 18.4. The van der Waals surface area contributed by atoms with E-state index in [-0.39, 0.29) is 12.0 Å². The van der Waals surface area contributed by atoms with Crippen LogP contribution in [-0.4, -0.2) is 97.2 Å². The number of hydrogen-bond acceptors (Lipinski definition) is 6. The van der Waals surface area contributed by atoms with Crippen LogP contribution in [0.15, 0.2) is 24.4 Å². The van der Waals surface area contributed by atoms with E-state index in [0.717, 1.165) is 32.0 Å². The predicted octanol–water partition coefficient (Wildman–Crippen LogP) is 0.504. The van der Waals surface area contributed by atoms with E-state index >= 15 is 0 Å². The van der Waals surface area contributed by atoms with Gasteiger partial charge in [0.05, 0.1) is 13.2 Å². The van der Waals surface area contributed by atoms with E-state index in [2.05, 4.69) is 14.8 Å². The molecule has 142 valence electrons. The summed E-state index contributed by atoms with van der Waals surface area (Å²) in [5.41, 5.74) is 0. The number of anilines is 1. The van der Waals surface area contributed by atoms with Crippen LogP contribution < -0.4 is 4.90 Å². The number of hydrogen-bond donors (Lipinski definition) is 0. The van der Waals surface area contributed by atoms with Gasteiger partial charge in [-0.3, -0.25) is 9.69 Å². The van der Waals surface area contributed by atoms with Crippen molar-refractivity contribution in [3.05, 3.63) is 24.4 Å². The van der Waals surface area contributed by atoms with Crippen LogP contribution in [0, 0.1) is 0 Å². The molecule has 0 unspecified atom stereocenters. The molecule has 0 spiro atoms. The first-order valence-electron chi connectivity index (χ1n) is 9.25. The summed E-state index contributed by atoms with van der Waals surface area (Å²) in [6.45, 7) is 8.30. The van der Waals surface area contributed by atoms with Crippen molar-refractivity contribution in [2.24, 2.45) is 0 Å². The minimum absolute atomic E-state index is 0.139. The first-order valence-corrected chi connectivity index (χ1v) is 9.25. The second kappa shape index (κ2) is 8.84. The second-order valence-corrected chi connectivity index (χ2v) is 6.52. The summed E-state index contributed by atoms with van der Waals surface area (Å²) < 4.78 is 5.01. The Bertz CT molecular complexity index is 596. The van der Waals surface area contributed by atoms with Crippen molar-refractivity contribution in [3.8, 4) is 0 Å². The molecular formula is C18H27N5O3. The molecule has 3 heterocycles. The van der Waals surface area contributed by atoms with Crippen molar-refractivity contribution >= 4 is 17.8 Å². The molecule has 2 fully saturated rings. The van der Waals surface area contributed by atoms with Gasteiger partial charge < -0.3 is 19.4 Å². The number of amides is 2. The van der Waals surface area contributed by atoms with E-state index in [9.17, 15) is 9.59 Å². The third-order valence-electron chi connectivity index (χ3n) is 4.86. The Morgan fingerprint density at radius 3 is 2.31 bits per heavy atom. The number of nitrogens with zero attached hydrogens (tertiary/aromatic N) is 5. The number of pyridine rings is 1. The highest BCUT2D eigenvalue weighted by Gasteiger charge is 2.27. The molecule has 0 N–H and O–H groups in total. The van der Waals surface area contributed by atoms with Crippen molar-refractivity contribution < 1.29 is 14.3 Å². The number of piperazine rings is 2. The van der Waals surface area contributed by atoms with E-state index in [1.807, 2.05) is 23.1 Å². The summed E-state index contributed by atoms with van der Waals surface area (Å²) in [5, 5.41) is 0. The summed E-state index contributed by atoms with van der Waals surface area (Å²) in [7, 11) is 0. The lowest BCUT2D eigenvalue weighted by atomic mass is 10.2. The van der Waals surface area contributed by atoms with Crippen LogP contribution in [0.3, 0.4) is 0 Å². The van der Waals surface area contributed by atoms with Gasteiger partial charge in [-0.05, 0) is 19.1 Å². The third-order valence-corrected chi connectivity index (χ3v) is 4.86. The molecule has 0 radical (unpaired) electrons. The van der Waals surface area contributed by atoms with Gasteiger partial charge in [-0.25, -0.2) is 9.78 Å². The Morgan fingerprint density at radius 2 is 1.69 bits per heavy atom. The number of rotatable bonds is 4. The molecule has 0 aliphatic carbocycles. The maximum Gasteiger partial charge on any atom is 0.409 e. The van der Waals surface area contributed by atoms with Gasteiger partial charge in [0.25, 0.3) is 0 Å². The normalized spacial score (nSPS) is 18.7. The molecular weight excluding hydrogens is 334 g/mol. The van der Waals surface area contributed by atoms with Gasteiger partial charge >= 0.3 is 6.09 Å². The molecule has 1 aromatic rings. The fraction of sp³-hybridized carbons (Fsp3) is 0.611. The SMILES string of the molecule is CCOC(=O)N1CCN(C(=O)CN2CCN(c3ccccn3)CC2)CC1. The molecule has 8 heteroatoms. The van der Waals surface area contributed by atoms with Crippen molar-refractivity contribution in [1.29, 1.82) is 0 Å². The molecule has 1 aromatic heterocycles. The lowest BCUT2D eigenvalue weighted by Crippen LogP contribution is -2.54. The lowest BCUT2D eigenvalue weighted by molar-refractivity contribution is -0.134. The predicted molar refractivity (Wildman–Crippen MR) is 98.1 cm³/mol. The van der Waals surface area contributed by atoms with E-state index in [0.29, 0.717) is 39.3 Å². The van der Waals surface area contributed by atoms with Crippen LogP contribution in [0.25, 0.3) is 0 Å². The van der Waals surface area contributed by atoms with Crippen LogP contribution in [0.5, 0.6) is 0 Å². The standard InChI is InChI=1S/C18H27N5O3/c1-2-26-18(25)23-13-11-22(12-14-23)17(24)15-20-7-9-21(10-8-20)16-5-3-4-6-19-16/h3-6H,2,7-15H2,1H3. The summed E-state index contributed by atoms with van der Waals surface area (Å²) in [5.74, 6) is 1.13. The smallest absolute Gasteiger partial charge is 0.409 e. The quantitative estimate of drug-likeness (QED) is 0.778. The van der Waals surface area contributed by atoms with Crippen LogP contribution in [0.2, 0.25) is 0 Å². The molecule has 0 bridgehead atoms. The number of carbonyl (C=O) groups is 2. The summed E-state index contributed by atoms with van der Waals surface area (Å²) in [6, 6.07) is 5.93. The minimum Gasteiger partial charge on any atom is -0.450 e. The van der Waals surface area contributed by atoms with Crippen LogP contribution >= 0.6 is 0 Å². The zero-order valence-corrected chi connectivity index (χ0v) is 15.3. The van der Waals surface area contributed by atoms with Crippen LogP contribution in [0.4, 0.5) is 10.6 Å². The van der Waals surface area contributed by atoms with E-state index in [1.54, 1.807) is 18.0 Å². The van der Waals surface area contributed by atoms with Gasteiger partial charge in [0, 0.05) is 58.6 Å². The summed E-state index contributed by atoms with van der Waals surface area (Å²) in [4.78, 5) is 36.6. The van der Waals surface area contributed by atoms with Gasteiger partial charge in [-0.2, -0.15) is 0 Å². The van der Waals surface area contributed by atoms with E-state index in [4.69, 9.17) is 4.74 Å². The number of aromatic nitrogens is 1. The Balaban J connectivity index is 1.40. The van der Waals surface area contributed by atoms with Crippen molar-refractivity contribution in [2.45, 2.75) is 6.92 Å². The maximum atomic E-state index is 12.5. The van der Waals surface area contributed by atoms with E-state index < -0.39 is 0 Å². The van der Waals surface area contributed by atoms with Crippen LogP contribution in [0.1, 0.15) is 6.92 Å². The van der Waals surface area contributed by atoms with Gasteiger partial charge in [0.15, 0.2) is 0 Å². The molecule has 2 aliphatic heterocycles. The fourth-order valence-corrected chi connectivity index (χ4v) is 3.32. The molecule has 2 aliphatic rings. The van der Waals surface area contributed by atoms with Crippen LogP contribution in [-0.2, 0) is 9.53 Å². The number of ether oxygens (including phenoxy) is 1. The van der Waals surface area contributed by atoms with Gasteiger partial charge in [-0.1, -0.05) is 6.07 Å². The molecule has 3 rings (SSSR count). The molecule has 2 amide bonds. The van der Waals surface area contributed by atoms with E-state index in [1.165, 1.54) is 0 Å². The Labute approximate surface area is 154 Å². The molecule has 0 aromatic carbocycles. The van der Waals surface area contributed by atoms with Gasteiger partial charge in [-0.15, -0.1) is 0 Å². The Hall–Kier alpha value is -2.35. The second-order valence-electron chi connectivity index (χ2n) is 6.52. The Kier molecular flexibility index (Phi) is 6.27. The molecule has 0 atom stereocenters. The molecule has 0 saturated carbocycles. The topological polar surface area (TPSA) is 69.2 Å². The molecule has 26 heavy (non-hydrogen) atoms. The first-order chi connectivity index (χ1) is 12.7. The summed E-state index contributed by atoms with van der Waals surface area (Å²) in [6.07, 6.45) is 1.52. The van der Waals surface area contributed by atoms with Crippen molar-refractivity contribution in [1.82, 2.24) is 19.7 Å². The van der Waals surface area contributed by atoms with Gasteiger partial charge in [0.2, 0.25) is 5.91 Å². The highest BCUT2D eigenvalue weighted by Crippen LogP contribution is 2.13. The highest BCUT2D eigenvalue weighted by atomic mass is 16.6. The fourth-order valence-electron chi connectivity index (χ4n) is 3.32. The average molecular weight is 361 g/mol. The largest absolute Gasteiger partial charge is 0.450 e. The zero-order chi connectivity index (χ0) is 18.4. The highest BCUT2D eigenvalue weighted by molar-refractivity contribution is 5.78. The Morgan fingerprint density at radius 1 is 1.00 bits per heavy atom. The zero-order valence-electron chi connectivity index (χ0n) is 15.3. The molecule has 2 saturated heterocycles. The monoisotopic (exact) mass is 361 g/mol. The third kappa shape index (κ3) is 4.63. The number of carbonyl (C=O) groups excluding carboxylic acids is 2. The average Bonchev–Trinajstić information content (AvgIpc) is 2.69. The maximum absolute atomic E-state index is 12.5.